The van der Waals surface area contributed by atoms with Crippen molar-refractivity contribution in [2.75, 3.05) is 31.5 Å². The third kappa shape index (κ3) is 6.41. The van der Waals surface area contributed by atoms with Crippen molar-refractivity contribution in [2.24, 2.45) is 22.6 Å². The summed E-state index contributed by atoms with van der Waals surface area (Å²) in [5.41, 5.74) is 10.1. The lowest BCUT2D eigenvalue weighted by atomic mass is 9.96. The standard InChI is InChI=1S/C21H34N4.HI/c1-16(2)8-11-25-12-9-17(10-13-25)15-23-21(22)24-20-7-6-18-4-3-5-19(18)14-20;/h6-7,14,16-17H,3-5,8-13,15H2,1-2H3,(H3,22,23,24);1H. The highest BCUT2D eigenvalue weighted by Gasteiger charge is 2.19. The van der Waals surface area contributed by atoms with Crippen LogP contribution in [0, 0.1) is 11.8 Å². The van der Waals surface area contributed by atoms with Gasteiger partial charge in [-0.2, -0.15) is 0 Å². The molecule has 1 aromatic carbocycles. The quantitative estimate of drug-likeness (QED) is 0.371. The second kappa shape index (κ2) is 10.5. The molecule has 26 heavy (non-hydrogen) atoms. The van der Waals surface area contributed by atoms with E-state index in [9.17, 15) is 0 Å². The number of anilines is 1. The molecule has 4 nitrogen and oxygen atoms in total. The van der Waals surface area contributed by atoms with E-state index in [2.05, 4.69) is 47.3 Å². The molecule has 1 aromatic rings. The average Bonchev–Trinajstić information content (AvgIpc) is 3.07. The van der Waals surface area contributed by atoms with Crippen LogP contribution >= 0.6 is 24.0 Å². The second-order valence-corrected chi connectivity index (χ2v) is 8.16. The smallest absolute Gasteiger partial charge is 0.193 e. The van der Waals surface area contributed by atoms with Gasteiger partial charge in [-0.25, -0.2) is 0 Å². The highest BCUT2D eigenvalue weighted by Crippen LogP contribution is 2.25. The minimum absolute atomic E-state index is 0. The number of aryl methyl sites for hydroxylation is 2. The molecule has 0 saturated carbocycles. The molecular formula is C21H35IN4. The van der Waals surface area contributed by atoms with E-state index < -0.39 is 0 Å². The number of nitrogens with two attached hydrogens (primary N) is 1. The molecule has 1 heterocycles. The van der Waals surface area contributed by atoms with Crippen molar-refractivity contribution in [1.29, 1.82) is 0 Å². The Labute approximate surface area is 176 Å². The van der Waals surface area contributed by atoms with Crippen LogP contribution in [-0.4, -0.2) is 37.0 Å². The number of rotatable bonds is 6. The molecule has 3 N–H and O–H groups in total. The van der Waals surface area contributed by atoms with E-state index in [1.807, 2.05) is 0 Å². The summed E-state index contributed by atoms with van der Waals surface area (Å²) in [6.07, 6.45) is 7.48. The summed E-state index contributed by atoms with van der Waals surface area (Å²) in [4.78, 5) is 7.20. The highest BCUT2D eigenvalue weighted by molar-refractivity contribution is 14.0. The summed E-state index contributed by atoms with van der Waals surface area (Å²) in [7, 11) is 0. The molecule has 0 spiro atoms. The molecule has 5 heteroatoms. The number of fused-ring (bicyclic) bond motifs is 1. The first-order valence-corrected chi connectivity index (χ1v) is 10.0. The summed E-state index contributed by atoms with van der Waals surface area (Å²) in [6.45, 7) is 9.13. The van der Waals surface area contributed by atoms with Crippen LogP contribution < -0.4 is 11.1 Å². The lowest BCUT2D eigenvalue weighted by Crippen LogP contribution is -2.36. The minimum Gasteiger partial charge on any atom is -0.370 e. The van der Waals surface area contributed by atoms with Gasteiger partial charge in [0, 0.05) is 12.2 Å². The van der Waals surface area contributed by atoms with Gasteiger partial charge in [-0.05, 0) is 93.3 Å². The van der Waals surface area contributed by atoms with E-state index in [1.54, 1.807) is 0 Å². The Balaban J connectivity index is 0.00000243. The zero-order valence-electron chi connectivity index (χ0n) is 16.3. The van der Waals surface area contributed by atoms with Gasteiger partial charge in [0.15, 0.2) is 5.96 Å². The normalized spacial score (nSPS) is 18.7. The number of nitrogens with zero attached hydrogens (tertiary/aromatic N) is 2. The van der Waals surface area contributed by atoms with E-state index in [-0.39, 0.29) is 24.0 Å². The molecule has 0 amide bonds. The molecule has 0 radical (unpaired) electrons. The van der Waals surface area contributed by atoms with E-state index in [0.29, 0.717) is 11.9 Å². The molecule has 146 valence electrons. The zero-order chi connectivity index (χ0) is 17.6. The summed E-state index contributed by atoms with van der Waals surface area (Å²) in [5, 5.41) is 3.27. The third-order valence-corrected chi connectivity index (χ3v) is 5.62. The molecule has 0 atom stereocenters. The van der Waals surface area contributed by atoms with Gasteiger partial charge in [0.05, 0.1) is 0 Å². The van der Waals surface area contributed by atoms with Gasteiger partial charge in [0.1, 0.15) is 0 Å². The van der Waals surface area contributed by atoms with Crippen molar-refractivity contribution >= 4 is 35.6 Å². The molecular weight excluding hydrogens is 435 g/mol. The average molecular weight is 470 g/mol. The maximum atomic E-state index is 6.10. The number of guanidine groups is 1. The van der Waals surface area contributed by atoms with Gasteiger partial charge in [-0.3, -0.25) is 4.99 Å². The SMILES string of the molecule is CC(C)CCN1CCC(CN=C(N)Nc2ccc3c(c2)CCC3)CC1.I. The number of nitrogens with one attached hydrogen (secondary N) is 1. The first kappa shape index (κ1) is 21.5. The second-order valence-electron chi connectivity index (χ2n) is 8.16. The summed E-state index contributed by atoms with van der Waals surface area (Å²) >= 11 is 0. The largest absolute Gasteiger partial charge is 0.370 e. The van der Waals surface area contributed by atoms with Crippen molar-refractivity contribution in [2.45, 2.75) is 52.4 Å². The van der Waals surface area contributed by atoms with Crippen molar-refractivity contribution in [3.8, 4) is 0 Å². The predicted molar refractivity (Wildman–Crippen MR) is 123 cm³/mol. The number of likely N-dealkylation sites (tertiary alicyclic amines) is 1. The van der Waals surface area contributed by atoms with E-state index in [1.165, 1.54) is 69.3 Å². The molecule has 1 saturated heterocycles. The lowest BCUT2D eigenvalue weighted by molar-refractivity contribution is 0.180. The molecule has 0 aromatic heterocycles. The number of benzene rings is 1. The Morgan fingerprint density at radius 1 is 1.23 bits per heavy atom. The number of piperidine rings is 1. The number of aliphatic imine (C=N–C) groups is 1. The Kier molecular flexibility index (Phi) is 8.67. The number of hydrogen-bond donors (Lipinski definition) is 2. The highest BCUT2D eigenvalue weighted by atomic mass is 127. The molecule has 2 aliphatic rings. The van der Waals surface area contributed by atoms with E-state index in [0.717, 1.165) is 18.2 Å². The fourth-order valence-electron chi connectivity index (χ4n) is 3.90. The monoisotopic (exact) mass is 470 g/mol. The Morgan fingerprint density at radius 2 is 1.96 bits per heavy atom. The van der Waals surface area contributed by atoms with Crippen LogP contribution in [0.2, 0.25) is 0 Å². The maximum Gasteiger partial charge on any atom is 0.193 e. The van der Waals surface area contributed by atoms with Gasteiger partial charge >= 0.3 is 0 Å². The first-order chi connectivity index (χ1) is 12.1. The van der Waals surface area contributed by atoms with Gasteiger partial charge in [-0.15, -0.1) is 24.0 Å². The van der Waals surface area contributed by atoms with E-state index in [4.69, 9.17) is 5.73 Å². The Bertz CT molecular complexity index is 592. The molecule has 3 rings (SSSR count). The maximum absolute atomic E-state index is 6.10. The van der Waals surface area contributed by atoms with Crippen molar-refractivity contribution in [3.63, 3.8) is 0 Å². The van der Waals surface area contributed by atoms with Crippen molar-refractivity contribution in [3.05, 3.63) is 29.3 Å². The van der Waals surface area contributed by atoms with Crippen LogP contribution in [0.25, 0.3) is 0 Å². The van der Waals surface area contributed by atoms with Crippen LogP contribution in [-0.2, 0) is 12.8 Å². The zero-order valence-corrected chi connectivity index (χ0v) is 18.7. The predicted octanol–water partition coefficient (Wildman–Crippen LogP) is 4.28. The lowest BCUT2D eigenvalue weighted by Gasteiger charge is -2.31. The van der Waals surface area contributed by atoms with Crippen LogP contribution in [0.3, 0.4) is 0 Å². The minimum atomic E-state index is 0. The summed E-state index contributed by atoms with van der Waals surface area (Å²) < 4.78 is 0. The van der Waals surface area contributed by atoms with Crippen molar-refractivity contribution in [1.82, 2.24) is 4.90 Å². The fourth-order valence-corrected chi connectivity index (χ4v) is 3.90. The third-order valence-electron chi connectivity index (χ3n) is 5.62. The molecule has 0 bridgehead atoms. The number of hydrogen-bond acceptors (Lipinski definition) is 2. The Hall–Kier alpha value is -0.820. The number of halogens is 1. The van der Waals surface area contributed by atoms with Crippen LogP contribution in [0.5, 0.6) is 0 Å². The summed E-state index contributed by atoms with van der Waals surface area (Å²) in [5.74, 6) is 2.03. The van der Waals surface area contributed by atoms with Gasteiger partial charge in [0.2, 0.25) is 0 Å². The molecule has 1 aliphatic heterocycles. The van der Waals surface area contributed by atoms with Gasteiger partial charge < -0.3 is 16.0 Å². The van der Waals surface area contributed by atoms with Crippen molar-refractivity contribution < 1.29 is 0 Å². The van der Waals surface area contributed by atoms with Crippen LogP contribution in [0.15, 0.2) is 23.2 Å². The topological polar surface area (TPSA) is 53.6 Å². The van der Waals surface area contributed by atoms with Gasteiger partial charge in [-0.1, -0.05) is 19.9 Å². The molecule has 1 fully saturated rings. The Morgan fingerprint density at radius 3 is 2.69 bits per heavy atom. The van der Waals surface area contributed by atoms with Gasteiger partial charge in [0.25, 0.3) is 0 Å². The first-order valence-electron chi connectivity index (χ1n) is 10.0. The summed E-state index contributed by atoms with van der Waals surface area (Å²) in [6, 6.07) is 6.59. The molecule has 1 aliphatic carbocycles. The fraction of sp³-hybridized carbons (Fsp3) is 0.667. The van der Waals surface area contributed by atoms with Crippen LogP contribution in [0.4, 0.5) is 5.69 Å². The van der Waals surface area contributed by atoms with E-state index >= 15 is 0 Å². The van der Waals surface area contributed by atoms with Crippen LogP contribution in [0.1, 0.15) is 50.7 Å². The molecule has 0 unspecified atom stereocenters.